The molecule has 0 saturated carbocycles. The molecule has 26 heavy (non-hydrogen) atoms. The molecule has 0 amide bonds. The lowest BCUT2D eigenvalue weighted by Crippen LogP contribution is -2.10. The van der Waals surface area contributed by atoms with E-state index in [-0.39, 0.29) is 5.78 Å². The fraction of sp³-hybridized carbons (Fsp3) is 0.0526. The van der Waals surface area contributed by atoms with Gasteiger partial charge in [0.25, 0.3) is 0 Å². The van der Waals surface area contributed by atoms with Crippen LogP contribution in [0.1, 0.15) is 20.6 Å². The van der Waals surface area contributed by atoms with Crippen molar-refractivity contribution in [3.63, 3.8) is 0 Å². The van der Waals surface area contributed by atoms with E-state index in [2.05, 4.69) is 16.0 Å². The van der Waals surface area contributed by atoms with Crippen LogP contribution in [0.3, 0.4) is 0 Å². The third-order valence-corrected chi connectivity index (χ3v) is 6.45. The van der Waals surface area contributed by atoms with Crippen LogP contribution in [0.5, 0.6) is 0 Å². The summed E-state index contributed by atoms with van der Waals surface area (Å²) in [5.41, 5.74) is 1.36. The number of Topliss-reactive ketones (excluding diaryl/α,β-unsaturated/α-hetero) is 1. The first-order chi connectivity index (χ1) is 12.7. The fourth-order valence-corrected chi connectivity index (χ4v) is 4.93. The summed E-state index contributed by atoms with van der Waals surface area (Å²) in [6, 6.07) is 15.1. The maximum absolute atomic E-state index is 13.0. The van der Waals surface area contributed by atoms with Crippen LogP contribution < -0.4 is 0 Å². The largest absolute Gasteiger partial charge is 0.291 e. The molecule has 4 rings (SSSR count). The lowest BCUT2D eigenvalue weighted by molar-refractivity contribution is 0.0983. The van der Waals surface area contributed by atoms with Crippen LogP contribution in [0, 0.1) is 11.3 Å². The quantitative estimate of drug-likeness (QED) is 0.424. The maximum Gasteiger partial charge on any atom is 0.198 e. The Labute approximate surface area is 162 Å². The van der Waals surface area contributed by atoms with Gasteiger partial charge in [0.15, 0.2) is 11.7 Å². The summed E-state index contributed by atoms with van der Waals surface area (Å²) in [7, 11) is 0. The minimum atomic E-state index is -0.983. The van der Waals surface area contributed by atoms with Crippen molar-refractivity contribution in [1.29, 1.82) is 5.26 Å². The number of pyridine rings is 1. The molecule has 0 aliphatic heterocycles. The van der Waals surface area contributed by atoms with Crippen LogP contribution in [0.4, 0.5) is 0 Å². The van der Waals surface area contributed by atoms with E-state index in [1.165, 1.54) is 22.7 Å². The molecule has 0 aliphatic carbocycles. The number of carbonyl (C=O) groups is 1. The lowest BCUT2D eigenvalue weighted by atomic mass is 10.1. The summed E-state index contributed by atoms with van der Waals surface area (Å²) >= 11 is 8.98. The second kappa shape index (κ2) is 6.96. The highest BCUT2D eigenvalue weighted by Crippen LogP contribution is 2.38. The molecule has 7 heteroatoms. The summed E-state index contributed by atoms with van der Waals surface area (Å²) in [6.07, 6.45) is 1.68. The second-order valence-corrected chi connectivity index (χ2v) is 7.77. The predicted molar refractivity (Wildman–Crippen MR) is 105 cm³/mol. The molecule has 0 saturated heterocycles. The topological polar surface area (TPSA) is 66.6 Å². The number of thiazole rings is 1. The molecule has 0 N–H and O–H groups in total. The summed E-state index contributed by atoms with van der Waals surface area (Å²) in [6.45, 7) is 0. The first-order valence-electron chi connectivity index (χ1n) is 7.66. The van der Waals surface area contributed by atoms with E-state index in [9.17, 15) is 10.1 Å². The monoisotopic (exact) mass is 395 g/mol. The van der Waals surface area contributed by atoms with Gasteiger partial charge >= 0.3 is 0 Å². The van der Waals surface area contributed by atoms with Gasteiger partial charge in [-0.2, -0.15) is 5.26 Å². The van der Waals surface area contributed by atoms with Crippen LogP contribution in [-0.2, 0) is 0 Å². The molecule has 0 spiro atoms. The van der Waals surface area contributed by atoms with Gasteiger partial charge in [-0.3, -0.25) is 9.78 Å². The van der Waals surface area contributed by atoms with Gasteiger partial charge in [0, 0.05) is 21.7 Å². The molecule has 3 heterocycles. The first kappa shape index (κ1) is 16.9. The van der Waals surface area contributed by atoms with Gasteiger partial charge in [-0.05, 0) is 18.2 Å². The summed E-state index contributed by atoms with van der Waals surface area (Å²) in [4.78, 5) is 22.1. The minimum Gasteiger partial charge on any atom is -0.291 e. The molecule has 4 nitrogen and oxygen atoms in total. The number of nitriles is 1. The smallest absolute Gasteiger partial charge is 0.198 e. The molecule has 126 valence electrons. The number of carbonyl (C=O) groups excluding carboxylic acids is 1. The molecule has 1 atom stereocenters. The highest BCUT2D eigenvalue weighted by molar-refractivity contribution is 7.21. The van der Waals surface area contributed by atoms with Crippen LogP contribution in [-0.4, -0.2) is 15.8 Å². The molecular weight excluding hydrogens is 386 g/mol. The zero-order chi connectivity index (χ0) is 18.1. The van der Waals surface area contributed by atoms with E-state index in [0.29, 0.717) is 26.3 Å². The molecule has 3 aromatic heterocycles. The second-order valence-electron chi connectivity index (χ2n) is 5.45. The normalized spacial score (nSPS) is 12.0. The highest BCUT2D eigenvalue weighted by Gasteiger charge is 2.29. The third-order valence-electron chi connectivity index (χ3n) is 3.85. The van der Waals surface area contributed by atoms with Crippen molar-refractivity contribution >= 4 is 50.1 Å². The molecule has 0 radical (unpaired) electrons. The molecule has 1 unspecified atom stereocenters. The number of halogens is 1. The number of ketones is 1. The predicted octanol–water partition coefficient (Wildman–Crippen LogP) is 5.56. The average molecular weight is 396 g/mol. The van der Waals surface area contributed by atoms with Crippen molar-refractivity contribution in [3.05, 3.63) is 68.9 Å². The number of hydrogen-bond acceptors (Lipinski definition) is 6. The first-order valence-corrected chi connectivity index (χ1v) is 9.74. The Morgan fingerprint density at radius 1 is 1.15 bits per heavy atom. The van der Waals surface area contributed by atoms with Crippen LogP contribution in [0.25, 0.3) is 21.5 Å². The van der Waals surface area contributed by atoms with Gasteiger partial charge in [0.2, 0.25) is 0 Å². The zero-order valence-corrected chi connectivity index (χ0v) is 15.6. The van der Waals surface area contributed by atoms with E-state index in [4.69, 9.17) is 11.6 Å². The summed E-state index contributed by atoms with van der Waals surface area (Å²) < 4.78 is 0.922. The number of benzene rings is 1. The van der Waals surface area contributed by atoms with Crippen molar-refractivity contribution in [2.75, 3.05) is 0 Å². The van der Waals surface area contributed by atoms with Gasteiger partial charge in [-0.25, -0.2) is 4.98 Å². The molecule has 0 bridgehead atoms. The highest BCUT2D eigenvalue weighted by atomic mass is 35.5. The van der Waals surface area contributed by atoms with Crippen molar-refractivity contribution in [3.8, 4) is 17.5 Å². The molecular formula is C19H10ClN3OS2. The molecule has 0 aliphatic rings. The van der Waals surface area contributed by atoms with E-state index >= 15 is 0 Å². The van der Waals surface area contributed by atoms with Crippen molar-refractivity contribution in [1.82, 2.24) is 9.97 Å². The van der Waals surface area contributed by atoms with Gasteiger partial charge in [0.1, 0.15) is 5.01 Å². The van der Waals surface area contributed by atoms with E-state index in [1.54, 1.807) is 6.20 Å². The Kier molecular flexibility index (Phi) is 4.51. The summed E-state index contributed by atoms with van der Waals surface area (Å²) in [5, 5.41) is 13.1. The lowest BCUT2D eigenvalue weighted by Gasteiger charge is -2.03. The number of thiophene rings is 1. The van der Waals surface area contributed by atoms with Crippen molar-refractivity contribution in [2.45, 2.75) is 5.92 Å². The number of hydrogen-bond donors (Lipinski definition) is 0. The standard InChI is InChI=1S/C19H10ClN3OS2/c20-16-11-5-1-2-7-15(11)26-18(16)17(24)12(9-21)19-23-14(10-25-19)13-6-3-4-8-22-13/h1-8,10,12H. The van der Waals surface area contributed by atoms with Gasteiger partial charge in [0.05, 0.1) is 27.4 Å². The van der Waals surface area contributed by atoms with E-state index < -0.39 is 5.92 Å². The SMILES string of the molecule is N#CC(C(=O)c1sc2ccccc2c1Cl)c1nc(-c2ccccn2)cs1. The van der Waals surface area contributed by atoms with Gasteiger partial charge < -0.3 is 0 Å². The summed E-state index contributed by atoms with van der Waals surface area (Å²) in [5.74, 6) is -1.30. The number of nitrogens with zero attached hydrogens (tertiary/aromatic N) is 3. The number of aromatic nitrogens is 2. The molecule has 1 aromatic carbocycles. The molecule has 0 fully saturated rings. The van der Waals surface area contributed by atoms with Gasteiger partial charge in [-0.1, -0.05) is 35.9 Å². The van der Waals surface area contributed by atoms with Crippen molar-refractivity contribution < 1.29 is 4.79 Å². The molecule has 4 aromatic rings. The maximum atomic E-state index is 13.0. The van der Waals surface area contributed by atoms with Crippen LogP contribution >= 0.6 is 34.3 Å². The van der Waals surface area contributed by atoms with Gasteiger partial charge in [-0.15, -0.1) is 22.7 Å². The Balaban J connectivity index is 1.71. The Morgan fingerprint density at radius 2 is 1.96 bits per heavy atom. The third kappa shape index (κ3) is 2.90. The average Bonchev–Trinajstić information content (AvgIpc) is 3.29. The Hall–Kier alpha value is -2.59. The minimum absolute atomic E-state index is 0.319. The fourth-order valence-electron chi connectivity index (χ4n) is 2.58. The Bertz CT molecular complexity index is 1140. The van der Waals surface area contributed by atoms with Crippen LogP contribution in [0.2, 0.25) is 5.02 Å². The van der Waals surface area contributed by atoms with Crippen molar-refractivity contribution in [2.24, 2.45) is 0 Å². The van der Waals surface area contributed by atoms with E-state index in [0.717, 1.165) is 10.1 Å². The van der Waals surface area contributed by atoms with Crippen LogP contribution in [0.15, 0.2) is 54.0 Å². The number of rotatable bonds is 4. The Morgan fingerprint density at radius 3 is 2.69 bits per heavy atom. The number of fused-ring (bicyclic) bond motifs is 1. The van der Waals surface area contributed by atoms with E-state index in [1.807, 2.05) is 47.8 Å². The zero-order valence-electron chi connectivity index (χ0n) is 13.2.